The van der Waals surface area contributed by atoms with Gasteiger partial charge in [0.05, 0.1) is 19.4 Å². The summed E-state index contributed by atoms with van der Waals surface area (Å²) >= 11 is 1.37. The number of carbonyl (C=O) groups excluding carboxylic acids is 1. The molecule has 0 aliphatic heterocycles. The Morgan fingerprint density at radius 3 is 2.62 bits per heavy atom. The van der Waals surface area contributed by atoms with Crippen molar-refractivity contribution in [2.45, 2.75) is 20.1 Å². The first-order valence-corrected chi connectivity index (χ1v) is 7.32. The number of thiazole rings is 1. The maximum atomic E-state index is 12.2. The summed E-state index contributed by atoms with van der Waals surface area (Å²) in [5, 5.41) is 3.71. The van der Waals surface area contributed by atoms with E-state index in [0.717, 1.165) is 22.0 Å². The van der Waals surface area contributed by atoms with Crippen molar-refractivity contribution in [3.05, 3.63) is 45.4 Å². The number of aromatic nitrogens is 1. The van der Waals surface area contributed by atoms with Crippen molar-refractivity contribution >= 4 is 17.2 Å². The second-order valence-electron chi connectivity index (χ2n) is 4.49. The van der Waals surface area contributed by atoms with Crippen LogP contribution in [0.25, 0.3) is 0 Å². The largest absolute Gasteiger partial charge is 0.497 e. The average Bonchev–Trinajstić information content (AvgIpc) is 2.86. The van der Waals surface area contributed by atoms with Crippen molar-refractivity contribution in [1.82, 2.24) is 10.3 Å². The molecule has 6 heteroatoms. The van der Waals surface area contributed by atoms with Gasteiger partial charge in [-0.3, -0.25) is 4.79 Å². The quantitative estimate of drug-likeness (QED) is 0.891. The number of aryl methyl sites for hydroxylation is 1. The van der Waals surface area contributed by atoms with Gasteiger partial charge < -0.3 is 14.8 Å². The topological polar surface area (TPSA) is 60.5 Å². The lowest BCUT2D eigenvalue weighted by atomic mass is 10.2. The van der Waals surface area contributed by atoms with Crippen LogP contribution >= 0.6 is 11.3 Å². The summed E-state index contributed by atoms with van der Waals surface area (Å²) in [6, 6.07) is 7.59. The van der Waals surface area contributed by atoms with Crippen molar-refractivity contribution in [3.63, 3.8) is 0 Å². The number of nitrogens with zero attached hydrogens (tertiary/aromatic N) is 1. The highest BCUT2D eigenvalue weighted by Crippen LogP contribution is 2.19. The number of ether oxygens (including phenoxy) is 2. The van der Waals surface area contributed by atoms with Gasteiger partial charge in [-0.1, -0.05) is 12.1 Å². The number of hydrogen-bond acceptors (Lipinski definition) is 5. The molecule has 112 valence electrons. The molecule has 1 aromatic heterocycles. The van der Waals surface area contributed by atoms with Crippen LogP contribution in [0.4, 0.5) is 0 Å². The normalized spacial score (nSPS) is 10.4. The summed E-state index contributed by atoms with van der Waals surface area (Å²) in [5.41, 5.74) is 1.75. The summed E-state index contributed by atoms with van der Waals surface area (Å²) in [6.07, 6.45) is 0. The first kappa shape index (κ1) is 15.5. The highest BCUT2D eigenvalue weighted by Gasteiger charge is 2.14. The maximum Gasteiger partial charge on any atom is 0.263 e. The molecule has 0 saturated carbocycles. The molecule has 0 radical (unpaired) electrons. The molecule has 21 heavy (non-hydrogen) atoms. The third kappa shape index (κ3) is 4.03. The highest BCUT2D eigenvalue weighted by molar-refractivity contribution is 7.13. The molecule has 0 aliphatic carbocycles. The lowest BCUT2D eigenvalue weighted by molar-refractivity contribution is 0.0954. The van der Waals surface area contributed by atoms with Gasteiger partial charge in [0, 0.05) is 13.7 Å². The molecule has 5 nitrogen and oxygen atoms in total. The number of methoxy groups -OCH3 is 2. The standard InChI is InChI=1S/C15H18N2O3S/c1-10-14(21-13(17-10)9-19-2)15(18)16-8-11-4-6-12(20-3)7-5-11/h4-7H,8-9H2,1-3H3,(H,16,18). The minimum absolute atomic E-state index is 0.108. The number of amides is 1. The van der Waals surface area contributed by atoms with Crippen LogP contribution in [0.15, 0.2) is 24.3 Å². The van der Waals surface area contributed by atoms with Crippen LogP contribution in [0.5, 0.6) is 5.75 Å². The fraction of sp³-hybridized carbons (Fsp3) is 0.333. The summed E-state index contributed by atoms with van der Waals surface area (Å²) < 4.78 is 10.1. The second kappa shape index (κ2) is 7.19. The van der Waals surface area contributed by atoms with Crippen LogP contribution in [0.1, 0.15) is 25.9 Å². The van der Waals surface area contributed by atoms with E-state index in [4.69, 9.17) is 9.47 Å². The highest BCUT2D eigenvalue weighted by atomic mass is 32.1. The fourth-order valence-electron chi connectivity index (χ4n) is 1.85. The van der Waals surface area contributed by atoms with E-state index in [0.29, 0.717) is 18.0 Å². The zero-order chi connectivity index (χ0) is 15.2. The SMILES string of the molecule is COCc1nc(C)c(C(=O)NCc2ccc(OC)cc2)s1. The number of hydrogen-bond donors (Lipinski definition) is 1. The lowest BCUT2D eigenvalue weighted by Crippen LogP contribution is -2.22. The van der Waals surface area contributed by atoms with Crippen molar-refractivity contribution < 1.29 is 14.3 Å². The minimum atomic E-state index is -0.108. The van der Waals surface area contributed by atoms with Gasteiger partial charge in [0.25, 0.3) is 5.91 Å². The van der Waals surface area contributed by atoms with Gasteiger partial charge >= 0.3 is 0 Å². The molecule has 0 spiro atoms. The van der Waals surface area contributed by atoms with E-state index in [1.54, 1.807) is 14.2 Å². The van der Waals surface area contributed by atoms with Gasteiger partial charge in [0.1, 0.15) is 15.6 Å². The molecule has 0 aliphatic rings. The van der Waals surface area contributed by atoms with Crippen molar-refractivity contribution in [3.8, 4) is 5.75 Å². The van der Waals surface area contributed by atoms with E-state index in [1.165, 1.54) is 11.3 Å². The van der Waals surface area contributed by atoms with E-state index in [9.17, 15) is 4.79 Å². The molecule has 2 aromatic rings. The smallest absolute Gasteiger partial charge is 0.263 e. The van der Waals surface area contributed by atoms with Gasteiger partial charge in [0.2, 0.25) is 0 Å². The van der Waals surface area contributed by atoms with E-state index in [-0.39, 0.29) is 5.91 Å². The summed E-state index contributed by atoms with van der Waals surface area (Å²) in [6.45, 7) is 2.73. The zero-order valence-corrected chi connectivity index (χ0v) is 13.1. The first-order chi connectivity index (χ1) is 10.1. The molecule has 2 rings (SSSR count). The van der Waals surface area contributed by atoms with Gasteiger partial charge in [0.15, 0.2) is 0 Å². The van der Waals surface area contributed by atoms with Crippen LogP contribution in [-0.2, 0) is 17.9 Å². The van der Waals surface area contributed by atoms with Gasteiger partial charge in [-0.15, -0.1) is 11.3 Å². The summed E-state index contributed by atoms with van der Waals surface area (Å²) in [7, 11) is 3.24. The van der Waals surface area contributed by atoms with E-state index in [2.05, 4.69) is 10.3 Å². The van der Waals surface area contributed by atoms with Crippen molar-refractivity contribution in [1.29, 1.82) is 0 Å². The predicted octanol–water partition coefficient (Wildman–Crippen LogP) is 2.54. The van der Waals surface area contributed by atoms with Crippen molar-refractivity contribution in [2.24, 2.45) is 0 Å². The molecule has 1 N–H and O–H groups in total. The van der Waals surface area contributed by atoms with Crippen LogP contribution < -0.4 is 10.1 Å². The Bertz CT molecular complexity index is 608. The summed E-state index contributed by atoms with van der Waals surface area (Å²) in [5.74, 6) is 0.691. The molecular weight excluding hydrogens is 288 g/mol. The van der Waals surface area contributed by atoms with Crippen LogP contribution in [0, 0.1) is 6.92 Å². The minimum Gasteiger partial charge on any atom is -0.497 e. The van der Waals surface area contributed by atoms with E-state index >= 15 is 0 Å². The Labute approximate surface area is 127 Å². The molecule has 0 bridgehead atoms. The number of carbonyl (C=O) groups is 1. The molecule has 1 aromatic carbocycles. The molecule has 1 amide bonds. The molecular formula is C15H18N2O3S. The fourth-order valence-corrected chi connectivity index (χ4v) is 2.81. The van der Waals surface area contributed by atoms with Crippen LogP contribution in [0.2, 0.25) is 0 Å². The van der Waals surface area contributed by atoms with Gasteiger partial charge in [-0.2, -0.15) is 0 Å². The summed E-state index contributed by atoms with van der Waals surface area (Å²) in [4.78, 5) is 17.1. The number of benzene rings is 1. The Morgan fingerprint density at radius 1 is 1.29 bits per heavy atom. The first-order valence-electron chi connectivity index (χ1n) is 6.50. The van der Waals surface area contributed by atoms with Gasteiger partial charge in [-0.25, -0.2) is 4.98 Å². The average molecular weight is 306 g/mol. The van der Waals surface area contributed by atoms with E-state index < -0.39 is 0 Å². The third-order valence-electron chi connectivity index (χ3n) is 2.93. The molecule has 0 fully saturated rings. The molecule has 1 heterocycles. The Balaban J connectivity index is 1.97. The Hall–Kier alpha value is -1.92. The predicted molar refractivity (Wildman–Crippen MR) is 81.7 cm³/mol. The van der Waals surface area contributed by atoms with Crippen LogP contribution in [-0.4, -0.2) is 25.1 Å². The molecule has 0 saturated heterocycles. The Morgan fingerprint density at radius 2 is 2.00 bits per heavy atom. The van der Waals surface area contributed by atoms with Crippen molar-refractivity contribution in [2.75, 3.05) is 14.2 Å². The van der Waals surface area contributed by atoms with Crippen LogP contribution in [0.3, 0.4) is 0 Å². The lowest BCUT2D eigenvalue weighted by Gasteiger charge is -2.05. The van der Waals surface area contributed by atoms with Gasteiger partial charge in [-0.05, 0) is 24.6 Å². The maximum absolute atomic E-state index is 12.2. The second-order valence-corrected chi connectivity index (χ2v) is 5.57. The zero-order valence-electron chi connectivity index (χ0n) is 12.3. The number of rotatable bonds is 6. The molecule has 0 atom stereocenters. The molecule has 0 unspecified atom stereocenters. The number of nitrogens with one attached hydrogen (secondary N) is 1. The third-order valence-corrected chi connectivity index (χ3v) is 4.06. The monoisotopic (exact) mass is 306 g/mol. The van der Waals surface area contributed by atoms with E-state index in [1.807, 2.05) is 31.2 Å². The Kier molecular flexibility index (Phi) is 5.30.